The molecule has 172 valence electrons. The average Bonchev–Trinajstić information content (AvgIpc) is 3.65. The Balaban J connectivity index is 1.04. The van der Waals surface area contributed by atoms with Crippen LogP contribution in [0.4, 0.5) is 0 Å². The summed E-state index contributed by atoms with van der Waals surface area (Å²) in [7, 11) is -2.14. The molecule has 0 N–H and O–H groups in total. The second-order valence-corrected chi connectivity index (χ2v) is 24.0. The molecule has 2 heterocycles. The molecule has 0 aromatic heterocycles. The second kappa shape index (κ2) is 8.61. The molecule has 2 nitrogen and oxygen atoms in total. The monoisotopic (exact) mass is 448 g/mol. The van der Waals surface area contributed by atoms with E-state index < -0.39 is 16.1 Å². The fourth-order valence-electron chi connectivity index (χ4n) is 7.71. The third kappa shape index (κ3) is 5.12. The highest BCUT2D eigenvalue weighted by Gasteiger charge is 2.46. The Labute approximate surface area is 188 Å². The van der Waals surface area contributed by atoms with E-state index in [1.54, 1.807) is 37.8 Å². The van der Waals surface area contributed by atoms with Gasteiger partial charge >= 0.3 is 0 Å². The fraction of sp³-hybridized carbons (Fsp3) is 1.00. The minimum absolute atomic E-state index is 0.669. The number of rotatable bonds is 8. The summed E-state index contributed by atoms with van der Waals surface area (Å²) in [4.78, 5) is 0. The molecule has 5 aliphatic rings. The lowest BCUT2D eigenvalue weighted by molar-refractivity contribution is 0.355. The lowest BCUT2D eigenvalue weighted by Gasteiger charge is -2.43. The van der Waals surface area contributed by atoms with Gasteiger partial charge in [0.25, 0.3) is 0 Å². The van der Waals surface area contributed by atoms with Crippen molar-refractivity contribution in [2.75, 3.05) is 0 Å². The summed E-state index contributed by atoms with van der Waals surface area (Å²) in [6, 6.07) is 3.16. The minimum atomic E-state index is -1.07. The third-order valence-electron chi connectivity index (χ3n) is 10.6. The van der Waals surface area contributed by atoms with Crippen LogP contribution < -0.4 is 0 Å². The van der Waals surface area contributed by atoms with E-state index in [-0.39, 0.29) is 0 Å². The van der Waals surface area contributed by atoms with Crippen LogP contribution in [0.3, 0.4) is 0 Å². The van der Waals surface area contributed by atoms with Gasteiger partial charge in [0, 0.05) is 0 Å². The van der Waals surface area contributed by atoms with Crippen molar-refractivity contribution in [3.63, 3.8) is 0 Å². The number of hydrogen-bond donors (Lipinski definition) is 0. The Morgan fingerprint density at radius 2 is 0.933 bits per heavy atom. The maximum Gasteiger partial charge on any atom is 0.0844 e. The molecular weight excluding hydrogens is 400 g/mol. The van der Waals surface area contributed by atoms with Gasteiger partial charge in [0.2, 0.25) is 0 Å². The van der Waals surface area contributed by atoms with Gasteiger partial charge in [-0.25, -0.2) is 0 Å². The zero-order valence-corrected chi connectivity index (χ0v) is 22.3. The summed E-state index contributed by atoms with van der Waals surface area (Å²) in [5.41, 5.74) is 2.21. The lowest BCUT2D eigenvalue weighted by atomic mass is 9.87. The van der Waals surface area contributed by atoms with E-state index in [4.69, 9.17) is 9.47 Å². The first kappa shape index (κ1) is 22.2. The van der Waals surface area contributed by atoms with Crippen LogP contribution in [0.25, 0.3) is 0 Å². The molecule has 0 bridgehead atoms. The Hall–Kier alpha value is 0.354. The zero-order chi connectivity index (χ0) is 20.9. The SMILES string of the molecule is C[Si](C)(CCC1CCC2OC2C1)C1CCC([Si](C)(C)CCC2CCC3OC3C2)CC1. The van der Waals surface area contributed by atoms with Gasteiger partial charge in [0.05, 0.1) is 40.6 Å². The van der Waals surface area contributed by atoms with E-state index in [9.17, 15) is 0 Å². The number of fused-ring (bicyclic) bond motifs is 2. The number of hydrogen-bond acceptors (Lipinski definition) is 2. The highest BCUT2D eigenvalue weighted by Crippen LogP contribution is 2.50. The molecule has 2 aliphatic heterocycles. The van der Waals surface area contributed by atoms with E-state index in [2.05, 4.69) is 26.2 Å². The molecule has 6 unspecified atom stereocenters. The van der Waals surface area contributed by atoms with Crippen LogP contribution >= 0.6 is 0 Å². The number of ether oxygens (including phenoxy) is 2. The Kier molecular flexibility index (Phi) is 6.36. The molecule has 30 heavy (non-hydrogen) atoms. The maximum absolute atomic E-state index is 5.77. The molecule has 5 rings (SSSR count). The van der Waals surface area contributed by atoms with Gasteiger partial charge in [-0.05, 0) is 61.4 Å². The van der Waals surface area contributed by atoms with Crippen molar-refractivity contribution >= 4 is 16.1 Å². The van der Waals surface area contributed by atoms with Crippen molar-refractivity contribution in [3.05, 3.63) is 0 Å². The third-order valence-corrected chi connectivity index (χ3v) is 19.3. The van der Waals surface area contributed by atoms with Gasteiger partial charge in [0.1, 0.15) is 0 Å². The van der Waals surface area contributed by atoms with Crippen LogP contribution in [-0.2, 0) is 9.47 Å². The van der Waals surface area contributed by atoms with E-state index in [0.29, 0.717) is 24.4 Å². The molecule has 2 saturated heterocycles. The predicted molar refractivity (Wildman–Crippen MR) is 132 cm³/mol. The van der Waals surface area contributed by atoms with Crippen LogP contribution in [0, 0.1) is 11.8 Å². The van der Waals surface area contributed by atoms with Gasteiger partial charge < -0.3 is 9.47 Å². The standard InChI is InChI=1S/C26H48O2Si2/c1-29(2,15-13-19-5-11-23-25(17-19)27-23)21-7-9-22(10-8-21)30(3,4)16-14-20-6-12-24-26(18-20)28-24/h19-26H,5-18H2,1-4H3. The fourth-order valence-corrected chi connectivity index (χ4v) is 14.6. The van der Waals surface area contributed by atoms with Gasteiger partial charge in [-0.2, -0.15) is 0 Å². The van der Waals surface area contributed by atoms with Crippen molar-refractivity contribution in [1.82, 2.24) is 0 Å². The summed E-state index contributed by atoms with van der Waals surface area (Å²) in [6.07, 6.45) is 20.4. The van der Waals surface area contributed by atoms with Gasteiger partial charge in [-0.3, -0.25) is 0 Å². The normalized spacial score (nSPS) is 43.6. The Morgan fingerprint density at radius 1 is 0.533 bits per heavy atom. The van der Waals surface area contributed by atoms with Crippen molar-refractivity contribution in [1.29, 1.82) is 0 Å². The van der Waals surface area contributed by atoms with Gasteiger partial charge in [0.15, 0.2) is 0 Å². The molecule has 3 aliphatic carbocycles. The van der Waals surface area contributed by atoms with Crippen LogP contribution in [0.1, 0.15) is 77.0 Å². The van der Waals surface area contributed by atoms with Gasteiger partial charge in [-0.15, -0.1) is 0 Å². The van der Waals surface area contributed by atoms with Crippen LogP contribution in [0.5, 0.6) is 0 Å². The summed E-state index contributed by atoms with van der Waals surface area (Å²) in [5, 5.41) is 0. The van der Waals surface area contributed by atoms with E-state index in [1.165, 1.54) is 51.4 Å². The molecule has 0 aromatic carbocycles. The van der Waals surface area contributed by atoms with Gasteiger partial charge in [-0.1, -0.05) is 76.8 Å². The minimum Gasteiger partial charge on any atom is -0.370 e. The summed E-state index contributed by atoms with van der Waals surface area (Å²) >= 11 is 0. The first-order chi connectivity index (χ1) is 14.3. The largest absolute Gasteiger partial charge is 0.370 e. The average molecular weight is 449 g/mol. The van der Waals surface area contributed by atoms with Crippen LogP contribution in [0.15, 0.2) is 0 Å². The first-order valence-corrected chi connectivity index (χ1v) is 20.2. The molecule has 0 amide bonds. The summed E-state index contributed by atoms with van der Waals surface area (Å²) < 4.78 is 11.5. The lowest BCUT2D eigenvalue weighted by Crippen LogP contribution is -2.40. The van der Waals surface area contributed by atoms with Crippen LogP contribution in [-0.4, -0.2) is 40.6 Å². The Morgan fingerprint density at radius 3 is 1.30 bits per heavy atom. The van der Waals surface area contributed by atoms with E-state index >= 15 is 0 Å². The van der Waals surface area contributed by atoms with Crippen molar-refractivity contribution in [2.45, 2.75) is 151 Å². The second-order valence-electron chi connectivity index (χ2n) is 13.4. The molecule has 3 saturated carbocycles. The zero-order valence-electron chi connectivity index (χ0n) is 20.3. The maximum atomic E-state index is 5.77. The molecule has 0 radical (unpaired) electrons. The highest BCUT2D eigenvalue weighted by molar-refractivity contribution is 6.79. The molecular formula is C26H48O2Si2. The number of epoxide rings is 2. The highest BCUT2D eigenvalue weighted by atomic mass is 28.3. The van der Waals surface area contributed by atoms with E-state index in [0.717, 1.165) is 22.9 Å². The molecule has 5 fully saturated rings. The molecule has 4 heteroatoms. The smallest absolute Gasteiger partial charge is 0.0844 e. The summed E-state index contributed by atoms with van der Waals surface area (Å²) in [6.45, 7) is 10.9. The van der Waals surface area contributed by atoms with Crippen molar-refractivity contribution in [2.24, 2.45) is 11.8 Å². The quantitative estimate of drug-likeness (QED) is 0.281. The van der Waals surface area contributed by atoms with Crippen molar-refractivity contribution in [3.8, 4) is 0 Å². The summed E-state index contributed by atoms with van der Waals surface area (Å²) in [5.74, 6) is 1.97. The topological polar surface area (TPSA) is 25.1 Å². The van der Waals surface area contributed by atoms with E-state index in [1.807, 2.05) is 0 Å². The molecule has 0 aromatic rings. The molecule has 6 atom stereocenters. The van der Waals surface area contributed by atoms with Crippen LogP contribution in [0.2, 0.25) is 49.4 Å². The van der Waals surface area contributed by atoms with Crippen molar-refractivity contribution < 1.29 is 9.47 Å². The first-order valence-electron chi connectivity index (χ1n) is 13.6. The molecule has 0 spiro atoms. The Bertz CT molecular complexity index is 546. The predicted octanol–water partition coefficient (Wildman–Crippen LogP) is 7.63.